The van der Waals surface area contributed by atoms with Gasteiger partial charge in [0.15, 0.2) is 0 Å². The average molecular weight is 892 g/mol. The van der Waals surface area contributed by atoms with Crippen LogP contribution in [0.25, 0.3) is 44.5 Å². The zero-order valence-corrected chi connectivity index (χ0v) is 40.2. The molecule has 1 heteroatoms. The lowest BCUT2D eigenvalue weighted by Crippen LogP contribution is -2.31. The van der Waals surface area contributed by atoms with Crippen molar-refractivity contribution in [3.8, 4) is 44.5 Å². The molecule has 69 heavy (non-hydrogen) atoms. The molecule has 2 atom stereocenters. The smallest absolute Gasteiger partial charge is 0.0726 e. The first-order chi connectivity index (χ1) is 33.9. The summed E-state index contributed by atoms with van der Waals surface area (Å²) >= 11 is 0. The summed E-state index contributed by atoms with van der Waals surface area (Å²) in [4.78, 5) is 2.60. The molecule has 2 unspecified atom stereocenters. The van der Waals surface area contributed by atoms with E-state index in [2.05, 4.69) is 195 Å². The standard InChI is InChI=1S/C68H61N/c1-67(2)60-17-9-6-15-52(60)54-34-30-49(40-62(54)67)69(66-19-11-8-14-51(66)44-12-4-3-5-13-44)50-31-35-57-53-16-7-10-18-61(53)68(65(57)41-50)63-38-47(58-36-42-20-24-45(58)25-21-42)28-32-55(63)56-33-29-48(39-64(56)68)59-37-43-22-26-46(59)27-23-43/h3-19,28-35,38-43,45-46,58-59H,20-27,36-37H2,1-2H3. The molecule has 0 radical (unpaired) electrons. The van der Waals surface area contributed by atoms with Crippen molar-refractivity contribution in [3.63, 3.8) is 0 Å². The summed E-state index contributed by atoms with van der Waals surface area (Å²) in [6.45, 7) is 4.82. The van der Waals surface area contributed by atoms with E-state index in [1.165, 1.54) is 159 Å². The van der Waals surface area contributed by atoms with Crippen LogP contribution in [0, 0.1) is 23.7 Å². The van der Waals surface area contributed by atoms with E-state index < -0.39 is 5.41 Å². The quantitative estimate of drug-likeness (QED) is 0.161. The van der Waals surface area contributed by atoms with Crippen molar-refractivity contribution in [2.45, 2.75) is 101 Å². The molecule has 0 amide bonds. The second kappa shape index (κ2) is 15.0. The minimum Gasteiger partial charge on any atom is -0.310 e. The molecular formula is C68H61N. The van der Waals surface area contributed by atoms with E-state index in [0.717, 1.165) is 23.7 Å². The summed E-state index contributed by atoms with van der Waals surface area (Å²) < 4.78 is 0. The molecule has 9 aliphatic rings. The van der Waals surface area contributed by atoms with Crippen molar-refractivity contribution in [2.24, 2.45) is 23.7 Å². The van der Waals surface area contributed by atoms with Crippen molar-refractivity contribution in [1.29, 1.82) is 0 Å². The predicted molar refractivity (Wildman–Crippen MR) is 286 cm³/mol. The first-order valence-electron chi connectivity index (χ1n) is 26.7. The van der Waals surface area contributed by atoms with Gasteiger partial charge in [0.25, 0.3) is 0 Å². The van der Waals surface area contributed by atoms with Crippen LogP contribution in [-0.4, -0.2) is 0 Å². The van der Waals surface area contributed by atoms with Crippen molar-refractivity contribution >= 4 is 17.1 Å². The van der Waals surface area contributed by atoms with E-state index in [9.17, 15) is 0 Å². The molecule has 1 nitrogen and oxygen atoms in total. The van der Waals surface area contributed by atoms with Gasteiger partial charge in [-0.3, -0.25) is 0 Å². The number of nitrogens with zero attached hydrogens (tertiary/aromatic N) is 1. The molecule has 4 bridgehead atoms. The van der Waals surface area contributed by atoms with E-state index in [-0.39, 0.29) is 5.41 Å². The Morgan fingerprint density at radius 1 is 0.362 bits per heavy atom. The lowest BCUT2D eigenvalue weighted by Gasteiger charge is -2.43. The van der Waals surface area contributed by atoms with Crippen molar-refractivity contribution in [3.05, 3.63) is 220 Å². The average Bonchev–Trinajstić information content (AvgIpc) is 3.97. The highest BCUT2D eigenvalue weighted by Gasteiger charge is 2.53. The molecule has 0 heterocycles. The number of hydrogen-bond donors (Lipinski definition) is 0. The summed E-state index contributed by atoms with van der Waals surface area (Å²) in [5, 5.41) is 0. The molecule has 0 saturated heterocycles. The molecule has 1 spiro atoms. The highest BCUT2D eigenvalue weighted by molar-refractivity contribution is 5.98. The molecule has 338 valence electrons. The van der Waals surface area contributed by atoms with E-state index >= 15 is 0 Å². The summed E-state index contributed by atoms with van der Waals surface area (Å²) in [5.74, 6) is 4.68. The fraction of sp³-hybridized carbons (Fsp3) is 0.294. The van der Waals surface area contributed by atoms with Gasteiger partial charge in [0.2, 0.25) is 0 Å². The zero-order chi connectivity index (χ0) is 45.6. The Hall–Kier alpha value is -6.44. The monoisotopic (exact) mass is 891 g/mol. The van der Waals surface area contributed by atoms with Gasteiger partial charge in [0.05, 0.1) is 11.1 Å². The number of hydrogen-bond acceptors (Lipinski definition) is 1. The molecule has 8 aromatic carbocycles. The Kier molecular flexibility index (Phi) is 8.81. The third kappa shape index (κ3) is 5.77. The van der Waals surface area contributed by atoms with Gasteiger partial charge in [0, 0.05) is 22.4 Å². The maximum atomic E-state index is 2.75. The summed E-state index contributed by atoms with van der Waals surface area (Å²) in [6, 6.07) is 69.4. The van der Waals surface area contributed by atoms with Crippen molar-refractivity contribution < 1.29 is 0 Å². The molecule has 17 rings (SSSR count). The minimum atomic E-state index is -0.438. The zero-order valence-electron chi connectivity index (χ0n) is 40.2. The number of benzene rings is 8. The number of anilines is 3. The predicted octanol–water partition coefficient (Wildman–Crippen LogP) is 18.1. The SMILES string of the molecule is CC1(C)c2ccccc2-c2ccc(N(c3ccc4c(c3)C3(c5ccccc5-4)c4cc(C5CC6CCC5CC6)ccc4-c4ccc(C5CC6CCC5CC6)cc43)c3ccccc3-c3ccccc3)cc21. The van der Waals surface area contributed by atoms with Crippen LogP contribution < -0.4 is 4.90 Å². The molecular weight excluding hydrogens is 831 g/mol. The fourth-order valence-corrected chi connectivity index (χ4v) is 16.2. The number of fused-ring (bicyclic) bond motifs is 19. The van der Waals surface area contributed by atoms with Crippen LogP contribution in [0.5, 0.6) is 0 Å². The molecule has 8 aromatic rings. The van der Waals surface area contributed by atoms with Gasteiger partial charge in [-0.15, -0.1) is 0 Å². The summed E-state index contributed by atoms with van der Waals surface area (Å²) in [7, 11) is 0. The van der Waals surface area contributed by atoms with Crippen molar-refractivity contribution in [2.75, 3.05) is 4.90 Å². The topological polar surface area (TPSA) is 3.24 Å². The second-order valence-electron chi connectivity index (χ2n) is 23.0. The summed E-state index contributed by atoms with van der Waals surface area (Å²) in [6.07, 6.45) is 14.0. The Balaban J connectivity index is 0.984. The third-order valence-corrected chi connectivity index (χ3v) is 19.5. The number of rotatable bonds is 6. The molecule has 6 fully saturated rings. The molecule has 6 saturated carbocycles. The Morgan fingerprint density at radius 3 is 1.36 bits per heavy atom. The third-order valence-electron chi connectivity index (χ3n) is 19.5. The van der Waals surface area contributed by atoms with Crippen LogP contribution in [0.1, 0.15) is 134 Å². The van der Waals surface area contributed by atoms with E-state index in [4.69, 9.17) is 0 Å². The van der Waals surface area contributed by atoms with Crippen LogP contribution in [0.3, 0.4) is 0 Å². The Labute approximate surface area is 409 Å². The van der Waals surface area contributed by atoms with Gasteiger partial charge in [-0.25, -0.2) is 0 Å². The van der Waals surface area contributed by atoms with Crippen molar-refractivity contribution in [1.82, 2.24) is 0 Å². The van der Waals surface area contributed by atoms with Gasteiger partial charge in [-0.2, -0.15) is 0 Å². The highest BCUT2D eigenvalue weighted by Crippen LogP contribution is 2.65. The van der Waals surface area contributed by atoms with Crippen LogP contribution in [0.2, 0.25) is 0 Å². The lowest BCUT2D eigenvalue weighted by molar-refractivity contribution is 0.145. The molecule has 9 aliphatic carbocycles. The maximum Gasteiger partial charge on any atom is 0.0726 e. The summed E-state index contributed by atoms with van der Waals surface area (Å²) in [5.41, 5.74) is 25.7. The molecule has 0 N–H and O–H groups in total. The first kappa shape index (κ1) is 40.4. The minimum absolute atomic E-state index is 0.126. The largest absolute Gasteiger partial charge is 0.310 e. The Morgan fingerprint density at radius 2 is 0.797 bits per heavy atom. The lowest BCUT2D eigenvalue weighted by atomic mass is 9.61. The fourth-order valence-electron chi connectivity index (χ4n) is 16.2. The van der Waals surface area contributed by atoms with E-state index in [1.807, 2.05) is 0 Å². The first-order valence-corrected chi connectivity index (χ1v) is 26.7. The van der Waals surface area contributed by atoms with Gasteiger partial charge in [0.1, 0.15) is 0 Å². The van der Waals surface area contributed by atoms with E-state index in [1.54, 1.807) is 11.1 Å². The highest BCUT2D eigenvalue weighted by atomic mass is 15.1. The van der Waals surface area contributed by atoms with Crippen LogP contribution in [-0.2, 0) is 10.8 Å². The van der Waals surface area contributed by atoms with Gasteiger partial charge in [-0.1, -0.05) is 185 Å². The van der Waals surface area contributed by atoms with Gasteiger partial charge < -0.3 is 4.90 Å². The second-order valence-corrected chi connectivity index (χ2v) is 23.0. The van der Waals surface area contributed by atoms with Crippen LogP contribution in [0.15, 0.2) is 176 Å². The molecule has 0 aliphatic heterocycles. The van der Waals surface area contributed by atoms with Crippen LogP contribution in [0.4, 0.5) is 17.1 Å². The van der Waals surface area contributed by atoms with E-state index in [0.29, 0.717) is 11.8 Å². The van der Waals surface area contributed by atoms with Crippen LogP contribution >= 0.6 is 0 Å². The van der Waals surface area contributed by atoms with Gasteiger partial charge >= 0.3 is 0 Å². The molecule has 0 aromatic heterocycles. The van der Waals surface area contributed by atoms with Gasteiger partial charge in [-0.05, 0) is 188 Å². The number of para-hydroxylation sites is 1. The normalized spacial score (nSPS) is 25.7. The maximum absolute atomic E-state index is 2.75. The Bertz CT molecular complexity index is 3290.